The highest BCUT2D eigenvalue weighted by atomic mass is 16.1. The minimum Gasteiger partial charge on any atom is -0.350 e. The Morgan fingerprint density at radius 2 is 2.14 bits per heavy atom. The normalized spacial score (nSPS) is 10.7. The summed E-state index contributed by atoms with van der Waals surface area (Å²) in [5, 5.41) is 10.8. The van der Waals surface area contributed by atoms with E-state index < -0.39 is 0 Å². The number of nitrogens with zero attached hydrogens (tertiary/aromatic N) is 3. The predicted octanol–water partition coefficient (Wildman–Crippen LogP) is 1.60. The summed E-state index contributed by atoms with van der Waals surface area (Å²) in [6, 6.07) is 7.62. The van der Waals surface area contributed by atoms with Crippen LogP contribution in [0.15, 0.2) is 42.9 Å². The predicted molar refractivity (Wildman–Crippen MR) is 78.3 cm³/mol. The Kier molecular flexibility index (Phi) is 3.86. The number of hydrogen-bond acceptors (Lipinski definition) is 4. The lowest BCUT2D eigenvalue weighted by molar-refractivity contribution is -0.121. The molecular weight excluding hydrogens is 266 g/mol. The van der Waals surface area contributed by atoms with Crippen LogP contribution in [0.3, 0.4) is 0 Å². The van der Waals surface area contributed by atoms with Gasteiger partial charge in [0.25, 0.3) is 0 Å². The molecule has 3 aromatic rings. The molecule has 0 saturated carbocycles. The quantitative estimate of drug-likeness (QED) is 0.744. The third-order valence-corrected chi connectivity index (χ3v) is 3.23. The van der Waals surface area contributed by atoms with Gasteiger partial charge >= 0.3 is 0 Å². The number of aryl methyl sites for hydroxylation is 1. The van der Waals surface area contributed by atoms with Crippen LogP contribution in [0, 0.1) is 0 Å². The number of H-pyrrole nitrogens is 1. The molecule has 2 N–H and O–H groups in total. The first-order valence-corrected chi connectivity index (χ1v) is 6.76. The summed E-state index contributed by atoms with van der Waals surface area (Å²) in [5.41, 5.74) is 2.59. The molecule has 3 rings (SSSR count). The first kappa shape index (κ1) is 13.2. The van der Waals surface area contributed by atoms with Gasteiger partial charge in [-0.15, -0.1) is 0 Å². The Hall–Kier alpha value is -2.76. The van der Waals surface area contributed by atoms with Gasteiger partial charge in [0.05, 0.1) is 12.2 Å². The van der Waals surface area contributed by atoms with Gasteiger partial charge in [-0.3, -0.25) is 14.9 Å². The van der Waals surface area contributed by atoms with Gasteiger partial charge in [-0.05, 0) is 30.2 Å². The first-order chi connectivity index (χ1) is 10.3. The number of rotatable bonds is 5. The number of hydrogen-bond donors (Lipinski definition) is 2. The van der Waals surface area contributed by atoms with Gasteiger partial charge in [0.15, 0.2) is 5.65 Å². The van der Waals surface area contributed by atoms with Gasteiger partial charge in [0, 0.05) is 30.4 Å². The van der Waals surface area contributed by atoms with Crippen LogP contribution in [0.2, 0.25) is 0 Å². The molecule has 0 spiro atoms. The van der Waals surface area contributed by atoms with Crippen LogP contribution in [0.1, 0.15) is 17.7 Å². The SMILES string of the molecule is O=C(CCc1cccnc1)NCc1[nH]nc2ncccc12. The Labute approximate surface area is 121 Å². The van der Waals surface area contributed by atoms with Crippen molar-refractivity contribution >= 4 is 16.9 Å². The van der Waals surface area contributed by atoms with Gasteiger partial charge < -0.3 is 5.32 Å². The van der Waals surface area contributed by atoms with Crippen molar-refractivity contribution in [2.75, 3.05) is 0 Å². The van der Waals surface area contributed by atoms with Crippen molar-refractivity contribution in [2.45, 2.75) is 19.4 Å². The standard InChI is InChI=1S/C15H15N5O/c21-14(6-5-11-3-1-7-16-9-11)18-10-13-12-4-2-8-17-15(12)20-19-13/h1-4,7-9H,5-6,10H2,(H,18,21)(H,17,19,20). The molecule has 1 amide bonds. The molecule has 0 unspecified atom stereocenters. The fraction of sp³-hybridized carbons (Fsp3) is 0.200. The average molecular weight is 281 g/mol. The van der Waals surface area contributed by atoms with Gasteiger partial charge in [0.2, 0.25) is 5.91 Å². The number of nitrogens with one attached hydrogen (secondary N) is 2. The monoisotopic (exact) mass is 281 g/mol. The minimum absolute atomic E-state index is 0.00509. The second-order valence-corrected chi connectivity index (χ2v) is 4.71. The van der Waals surface area contributed by atoms with Crippen molar-refractivity contribution in [3.8, 4) is 0 Å². The summed E-state index contributed by atoms with van der Waals surface area (Å²) in [6.45, 7) is 0.425. The van der Waals surface area contributed by atoms with E-state index in [2.05, 4.69) is 25.5 Å². The van der Waals surface area contributed by atoms with Crippen LogP contribution in [-0.2, 0) is 17.8 Å². The van der Waals surface area contributed by atoms with Gasteiger partial charge in [-0.2, -0.15) is 5.10 Å². The van der Waals surface area contributed by atoms with E-state index in [0.717, 1.165) is 16.6 Å². The van der Waals surface area contributed by atoms with Crippen LogP contribution in [-0.4, -0.2) is 26.1 Å². The third-order valence-electron chi connectivity index (χ3n) is 3.23. The molecule has 3 aromatic heterocycles. The van der Waals surface area contributed by atoms with Gasteiger partial charge in [0.1, 0.15) is 0 Å². The lowest BCUT2D eigenvalue weighted by atomic mass is 10.1. The van der Waals surface area contributed by atoms with E-state index in [-0.39, 0.29) is 5.91 Å². The second-order valence-electron chi connectivity index (χ2n) is 4.71. The summed E-state index contributed by atoms with van der Waals surface area (Å²) in [7, 11) is 0. The highest BCUT2D eigenvalue weighted by Gasteiger charge is 2.07. The van der Waals surface area contributed by atoms with Crippen LogP contribution in [0.4, 0.5) is 0 Å². The van der Waals surface area contributed by atoms with E-state index in [0.29, 0.717) is 25.0 Å². The molecular formula is C15H15N5O. The van der Waals surface area contributed by atoms with E-state index in [4.69, 9.17) is 0 Å². The minimum atomic E-state index is 0.00509. The van der Waals surface area contributed by atoms with E-state index in [1.807, 2.05) is 24.3 Å². The van der Waals surface area contributed by atoms with Gasteiger partial charge in [-0.1, -0.05) is 6.07 Å². The molecule has 0 aliphatic rings. The average Bonchev–Trinajstić information content (AvgIpc) is 2.95. The fourth-order valence-corrected chi connectivity index (χ4v) is 2.12. The number of carbonyl (C=O) groups is 1. The Morgan fingerprint density at radius 3 is 3.00 bits per heavy atom. The number of amides is 1. The topological polar surface area (TPSA) is 83.6 Å². The van der Waals surface area contributed by atoms with Crippen LogP contribution in [0.25, 0.3) is 11.0 Å². The molecule has 3 heterocycles. The zero-order valence-corrected chi connectivity index (χ0v) is 11.4. The summed E-state index contributed by atoms with van der Waals surface area (Å²) in [4.78, 5) is 20.0. The zero-order chi connectivity index (χ0) is 14.5. The lowest BCUT2D eigenvalue weighted by Gasteiger charge is -2.04. The first-order valence-electron chi connectivity index (χ1n) is 6.76. The molecule has 0 radical (unpaired) electrons. The summed E-state index contributed by atoms with van der Waals surface area (Å²) in [6.07, 6.45) is 6.32. The van der Waals surface area contributed by atoms with Crippen molar-refractivity contribution in [3.05, 3.63) is 54.1 Å². The zero-order valence-electron chi connectivity index (χ0n) is 11.4. The summed E-state index contributed by atoms with van der Waals surface area (Å²) < 4.78 is 0. The van der Waals surface area contributed by atoms with Crippen molar-refractivity contribution < 1.29 is 4.79 Å². The lowest BCUT2D eigenvalue weighted by Crippen LogP contribution is -2.23. The Morgan fingerprint density at radius 1 is 1.24 bits per heavy atom. The van der Waals surface area contributed by atoms with Crippen LogP contribution < -0.4 is 5.32 Å². The third kappa shape index (κ3) is 3.22. The fourth-order valence-electron chi connectivity index (χ4n) is 2.12. The molecule has 0 aliphatic carbocycles. The number of pyridine rings is 2. The molecule has 0 bridgehead atoms. The highest BCUT2D eigenvalue weighted by Crippen LogP contribution is 2.12. The van der Waals surface area contributed by atoms with E-state index in [9.17, 15) is 4.79 Å². The Bertz CT molecular complexity index is 738. The molecule has 0 fully saturated rings. The highest BCUT2D eigenvalue weighted by molar-refractivity contribution is 5.79. The molecule has 0 aromatic carbocycles. The van der Waals surface area contributed by atoms with Crippen molar-refractivity contribution in [2.24, 2.45) is 0 Å². The van der Waals surface area contributed by atoms with Gasteiger partial charge in [-0.25, -0.2) is 4.98 Å². The van der Waals surface area contributed by atoms with Crippen LogP contribution in [0.5, 0.6) is 0 Å². The smallest absolute Gasteiger partial charge is 0.220 e. The van der Waals surface area contributed by atoms with Crippen molar-refractivity contribution in [1.29, 1.82) is 0 Å². The molecule has 0 atom stereocenters. The number of carbonyl (C=O) groups excluding carboxylic acids is 1. The summed E-state index contributed by atoms with van der Waals surface area (Å²) >= 11 is 0. The maximum atomic E-state index is 11.9. The molecule has 0 aliphatic heterocycles. The molecule has 0 saturated heterocycles. The van der Waals surface area contributed by atoms with Crippen LogP contribution >= 0.6 is 0 Å². The number of aromatic nitrogens is 4. The molecule has 21 heavy (non-hydrogen) atoms. The molecule has 6 nitrogen and oxygen atoms in total. The Balaban J connectivity index is 1.54. The second kappa shape index (κ2) is 6.13. The van der Waals surface area contributed by atoms with Crippen molar-refractivity contribution in [3.63, 3.8) is 0 Å². The maximum absolute atomic E-state index is 11.9. The molecule has 106 valence electrons. The molecule has 6 heteroatoms. The van der Waals surface area contributed by atoms with E-state index in [1.165, 1.54) is 0 Å². The van der Waals surface area contributed by atoms with Crippen molar-refractivity contribution in [1.82, 2.24) is 25.5 Å². The maximum Gasteiger partial charge on any atom is 0.220 e. The number of aromatic amines is 1. The summed E-state index contributed by atoms with van der Waals surface area (Å²) in [5.74, 6) is 0.00509. The number of fused-ring (bicyclic) bond motifs is 1. The largest absolute Gasteiger partial charge is 0.350 e. The van der Waals surface area contributed by atoms with E-state index >= 15 is 0 Å². The van der Waals surface area contributed by atoms with E-state index in [1.54, 1.807) is 18.6 Å².